The number of anilines is 3. The van der Waals surface area contributed by atoms with Crippen molar-refractivity contribution in [2.75, 3.05) is 50.2 Å². The normalized spacial score (nSPS) is 15.6. The molecule has 0 radical (unpaired) electrons. The third kappa shape index (κ3) is 8.98. The molecule has 2 amide bonds. The fourth-order valence-electron chi connectivity index (χ4n) is 4.99. The van der Waals surface area contributed by atoms with Crippen molar-refractivity contribution in [2.45, 2.75) is 78.0 Å². The molecule has 0 spiro atoms. The van der Waals surface area contributed by atoms with Crippen molar-refractivity contribution >= 4 is 35.2 Å². The number of methoxy groups -OCH3 is 1. The molecule has 246 valence electrons. The molecule has 1 aliphatic heterocycles. The van der Waals surface area contributed by atoms with Crippen LogP contribution < -0.4 is 15.0 Å². The van der Waals surface area contributed by atoms with E-state index in [1.165, 1.54) is 4.90 Å². The first-order chi connectivity index (χ1) is 21.3. The van der Waals surface area contributed by atoms with Crippen LogP contribution >= 0.6 is 0 Å². The van der Waals surface area contributed by atoms with Crippen LogP contribution in [0.2, 0.25) is 0 Å². The Morgan fingerprint density at radius 2 is 1.76 bits per heavy atom. The minimum Gasteiger partial charge on any atom is -0.491 e. The molecule has 4 rings (SSSR count). The maximum Gasteiger partial charge on any atom is 0.420 e. The van der Waals surface area contributed by atoms with Crippen molar-refractivity contribution in [1.29, 1.82) is 0 Å². The van der Waals surface area contributed by atoms with Gasteiger partial charge in [0.1, 0.15) is 29.4 Å². The van der Waals surface area contributed by atoms with E-state index >= 15 is 0 Å². The second-order valence-corrected chi connectivity index (χ2v) is 12.9. The summed E-state index contributed by atoms with van der Waals surface area (Å²) in [6.45, 7) is 12.5. The van der Waals surface area contributed by atoms with E-state index in [9.17, 15) is 14.7 Å². The Morgan fingerprint density at radius 1 is 1.04 bits per heavy atom. The molecule has 2 N–H and O–H groups in total. The van der Waals surface area contributed by atoms with Crippen molar-refractivity contribution in [2.24, 2.45) is 0 Å². The second kappa shape index (κ2) is 14.3. The second-order valence-electron chi connectivity index (χ2n) is 12.9. The first kappa shape index (κ1) is 33.8. The van der Waals surface area contributed by atoms with Gasteiger partial charge >= 0.3 is 12.2 Å². The maximum absolute atomic E-state index is 14.0. The summed E-state index contributed by atoms with van der Waals surface area (Å²) in [7, 11) is 1.61. The van der Waals surface area contributed by atoms with E-state index < -0.39 is 17.3 Å². The average molecular weight is 627 g/mol. The summed E-state index contributed by atoms with van der Waals surface area (Å²) >= 11 is 0. The number of carbonyl (C=O) groups excluding carboxylic acids is 2. The number of nitrogens with one attached hydrogen (secondary N) is 1. The zero-order chi connectivity index (χ0) is 32.8. The number of amides is 2. The third-order valence-corrected chi connectivity index (χ3v) is 6.82. The lowest BCUT2D eigenvalue weighted by atomic mass is 10.1. The first-order valence-corrected chi connectivity index (χ1v) is 15.3. The van der Waals surface area contributed by atoms with Gasteiger partial charge in [-0.05, 0) is 78.6 Å². The number of likely N-dealkylation sites (tertiary alicyclic amines) is 1. The molecule has 0 saturated carbocycles. The van der Waals surface area contributed by atoms with Crippen molar-refractivity contribution in [3.05, 3.63) is 42.1 Å². The number of fused-ring (bicyclic) bond motifs is 1. The quantitative estimate of drug-likeness (QED) is 0.290. The van der Waals surface area contributed by atoms with Gasteiger partial charge in [0.25, 0.3) is 0 Å². The zero-order valence-corrected chi connectivity index (χ0v) is 27.3. The number of aliphatic hydroxyl groups excluding tert-OH is 1. The zero-order valence-electron chi connectivity index (χ0n) is 27.3. The molecule has 0 bridgehead atoms. The molecule has 2 aromatic heterocycles. The van der Waals surface area contributed by atoms with Crippen molar-refractivity contribution in [3.8, 4) is 5.75 Å². The molecule has 1 aliphatic rings. The van der Waals surface area contributed by atoms with Gasteiger partial charge in [-0.25, -0.2) is 19.5 Å². The molecular weight excluding hydrogens is 580 g/mol. The van der Waals surface area contributed by atoms with Gasteiger partial charge in [-0.15, -0.1) is 0 Å². The van der Waals surface area contributed by atoms with E-state index in [-0.39, 0.29) is 25.2 Å². The van der Waals surface area contributed by atoms with Crippen molar-refractivity contribution in [1.82, 2.24) is 19.5 Å². The number of hydrogen-bond donors (Lipinski definition) is 2. The van der Waals surface area contributed by atoms with Crippen LogP contribution in [0.1, 0.15) is 59.9 Å². The highest BCUT2D eigenvalue weighted by Gasteiger charge is 2.33. The number of ether oxygens (including phenoxy) is 4. The van der Waals surface area contributed by atoms with Crippen LogP contribution in [0.3, 0.4) is 0 Å². The summed E-state index contributed by atoms with van der Waals surface area (Å²) in [5, 5.41) is 18.2. The van der Waals surface area contributed by atoms with E-state index in [0.29, 0.717) is 60.6 Å². The molecule has 1 fully saturated rings. The molecule has 0 aliphatic carbocycles. The van der Waals surface area contributed by atoms with Gasteiger partial charge in [-0.3, -0.25) is 0 Å². The lowest BCUT2D eigenvalue weighted by Gasteiger charge is -2.35. The Labute approximate surface area is 264 Å². The Bertz CT molecular complexity index is 1450. The van der Waals surface area contributed by atoms with Gasteiger partial charge in [0.05, 0.1) is 18.5 Å². The predicted molar refractivity (Wildman–Crippen MR) is 170 cm³/mol. The molecule has 1 unspecified atom stereocenters. The summed E-state index contributed by atoms with van der Waals surface area (Å²) < 4.78 is 23.9. The summed E-state index contributed by atoms with van der Waals surface area (Å²) in [4.78, 5) is 34.8. The van der Waals surface area contributed by atoms with E-state index in [0.717, 1.165) is 12.8 Å². The smallest absolute Gasteiger partial charge is 0.420 e. The highest BCUT2D eigenvalue weighted by atomic mass is 16.6. The molecule has 3 aromatic rings. The van der Waals surface area contributed by atoms with E-state index in [2.05, 4.69) is 10.4 Å². The van der Waals surface area contributed by atoms with Crippen LogP contribution in [-0.2, 0) is 20.6 Å². The fraction of sp³-hybridized carbons (Fsp3) is 0.562. The largest absolute Gasteiger partial charge is 0.491 e. The van der Waals surface area contributed by atoms with E-state index in [4.69, 9.17) is 23.9 Å². The fourth-order valence-corrected chi connectivity index (χ4v) is 4.99. The summed E-state index contributed by atoms with van der Waals surface area (Å²) in [5.41, 5.74) is 0.163. The Morgan fingerprint density at radius 3 is 2.40 bits per heavy atom. The molecule has 45 heavy (non-hydrogen) atoms. The van der Waals surface area contributed by atoms with Crippen LogP contribution in [0.4, 0.5) is 26.9 Å². The van der Waals surface area contributed by atoms with E-state index in [1.807, 2.05) is 20.8 Å². The summed E-state index contributed by atoms with van der Waals surface area (Å²) in [5.74, 6) is 1.48. The number of rotatable bonds is 10. The van der Waals surface area contributed by atoms with Gasteiger partial charge in [0.15, 0.2) is 11.5 Å². The van der Waals surface area contributed by atoms with Crippen LogP contribution in [0.25, 0.3) is 5.65 Å². The Kier molecular flexibility index (Phi) is 10.8. The highest BCUT2D eigenvalue weighted by Crippen LogP contribution is 2.36. The van der Waals surface area contributed by atoms with Gasteiger partial charge in [0, 0.05) is 50.9 Å². The van der Waals surface area contributed by atoms with Crippen molar-refractivity contribution < 1.29 is 33.6 Å². The number of aliphatic hydroxyl groups is 1. The number of carbonyl (C=O) groups is 2. The number of benzene rings is 1. The van der Waals surface area contributed by atoms with E-state index in [1.54, 1.807) is 73.8 Å². The summed E-state index contributed by atoms with van der Waals surface area (Å²) in [6.07, 6.45) is 2.34. The van der Waals surface area contributed by atoms with Crippen LogP contribution in [-0.4, -0.2) is 94.1 Å². The lowest BCUT2D eigenvalue weighted by Crippen LogP contribution is -2.47. The standard InChI is InChI=1S/C32H46N6O7/c1-31(2,3)44-29(40)36-17-8-9-22(21-36)34-27-25(15-18-39)28(38-26(35-27)14-16-33-38)37(30(41)45-32(4,5)6)23-10-12-24(13-11-23)43-20-19-42-7/h10-14,16,22,39H,8-9,15,17-21H2,1-7H3,(H,34,35). The van der Waals surface area contributed by atoms with Crippen LogP contribution in [0.15, 0.2) is 36.5 Å². The molecule has 3 heterocycles. The average Bonchev–Trinajstić information content (AvgIpc) is 3.42. The molecule has 1 saturated heterocycles. The molecule has 1 atom stereocenters. The molecule has 1 aromatic carbocycles. The Balaban J connectivity index is 1.77. The SMILES string of the molecule is COCCOc1ccc(N(C(=O)OC(C)(C)C)c2c(CCO)c(NC3CCCN(C(=O)OC(C)(C)C)C3)nc3ccnn23)cc1. The summed E-state index contributed by atoms with van der Waals surface area (Å²) in [6, 6.07) is 8.65. The van der Waals surface area contributed by atoms with Gasteiger partial charge < -0.3 is 34.3 Å². The van der Waals surface area contributed by atoms with Gasteiger partial charge in [-0.2, -0.15) is 9.61 Å². The molecule has 13 nitrogen and oxygen atoms in total. The molecular formula is C32H46N6O7. The highest BCUT2D eigenvalue weighted by molar-refractivity contribution is 5.97. The van der Waals surface area contributed by atoms with Crippen LogP contribution in [0.5, 0.6) is 5.75 Å². The lowest BCUT2D eigenvalue weighted by molar-refractivity contribution is 0.0206. The third-order valence-electron chi connectivity index (χ3n) is 6.82. The minimum absolute atomic E-state index is 0.145. The Hall–Kier alpha value is -4.10. The monoisotopic (exact) mass is 626 g/mol. The molecule has 13 heteroatoms. The van der Waals surface area contributed by atoms with Crippen molar-refractivity contribution in [3.63, 3.8) is 0 Å². The predicted octanol–water partition coefficient (Wildman–Crippen LogP) is 5.17. The number of aromatic nitrogens is 3. The number of nitrogens with zero attached hydrogens (tertiary/aromatic N) is 5. The maximum atomic E-state index is 14.0. The van der Waals surface area contributed by atoms with Gasteiger partial charge in [-0.1, -0.05) is 0 Å². The number of piperidine rings is 1. The van der Waals surface area contributed by atoms with Gasteiger partial charge in [0.2, 0.25) is 0 Å². The number of hydrogen-bond acceptors (Lipinski definition) is 10. The minimum atomic E-state index is -0.791. The first-order valence-electron chi connectivity index (χ1n) is 15.3. The topological polar surface area (TPSA) is 140 Å². The van der Waals surface area contributed by atoms with Crippen LogP contribution in [0, 0.1) is 0 Å².